The van der Waals surface area contributed by atoms with Crippen LogP contribution in [0.3, 0.4) is 0 Å². The summed E-state index contributed by atoms with van der Waals surface area (Å²) in [7, 11) is 3.86. The first-order valence-corrected chi connectivity index (χ1v) is 12.9. The molecule has 0 atom stereocenters. The molecular weight excluding hydrogens is 405 g/mol. The Morgan fingerprint density at radius 3 is 1.56 bits per heavy atom. The quantitative estimate of drug-likeness (QED) is 0.288. The van der Waals surface area contributed by atoms with Crippen molar-refractivity contribution >= 4 is 40.5 Å². The first kappa shape index (κ1) is 22.8. The van der Waals surface area contributed by atoms with Crippen LogP contribution in [0.5, 0.6) is 0 Å². The number of benzene rings is 4. The number of hydrogen-bond donors (Lipinski definition) is 0. The fourth-order valence-corrected chi connectivity index (χ4v) is 9.58. The molecule has 166 valence electrons. The lowest BCUT2D eigenvalue weighted by Crippen LogP contribution is -2.32. The third-order valence-electron chi connectivity index (χ3n) is 6.10. The highest BCUT2D eigenvalue weighted by atomic mass is 31.1. The van der Waals surface area contributed by atoms with Crippen LogP contribution in [0, 0.1) is 0 Å². The zero-order valence-electron chi connectivity index (χ0n) is 20.8. The highest BCUT2D eigenvalue weighted by Crippen LogP contribution is 2.60. The van der Waals surface area contributed by atoms with Gasteiger partial charge in [-0.2, -0.15) is 0 Å². The van der Waals surface area contributed by atoms with E-state index in [4.69, 9.17) is 0 Å². The Balaban J connectivity index is 2.16. The van der Waals surface area contributed by atoms with Crippen LogP contribution in [0.2, 0.25) is 0 Å². The normalized spacial score (nSPS) is 12.7. The van der Waals surface area contributed by atoms with Gasteiger partial charge < -0.3 is 4.90 Å². The second-order valence-corrected chi connectivity index (χ2v) is 14.7. The Hall–Kier alpha value is -2.37. The molecule has 0 aliphatic heterocycles. The van der Waals surface area contributed by atoms with Gasteiger partial charge in [-0.25, -0.2) is 0 Å². The molecule has 0 spiro atoms. The highest BCUT2D eigenvalue weighted by molar-refractivity contribution is 7.69. The van der Waals surface area contributed by atoms with Crippen LogP contribution in [-0.2, 0) is 0 Å². The van der Waals surface area contributed by atoms with E-state index >= 15 is 0 Å². The van der Waals surface area contributed by atoms with Gasteiger partial charge in [-0.15, -0.1) is 0 Å². The van der Waals surface area contributed by atoms with Crippen molar-refractivity contribution in [3.8, 4) is 11.1 Å². The molecule has 0 amide bonds. The Kier molecular flexibility index (Phi) is 5.84. The zero-order chi connectivity index (χ0) is 23.3. The van der Waals surface area contributed by atoms with Gasteiger partial charge in [0.25, 0.3) is 0 Å². The van der Waals surface area contributed by atoms with Crippen LogP contribution in [0.1, 0.15) is 41.5 Å². The smallest absolute Gasteiger partial charge is 0.0520 e. The van der Waals surface area contributed by atoms with Crippen LogP contribution >= 0.6 is 7.92 Å². The van der Waals surface area contributed by atoms with E-state index in [0.29, 0.717) is 0 Å². The van der Waals surface area contributed by atoms with Gasteiger partial charge in [0, 0.05) is 25.0 Å². The molecule has 0 radical (unpaired) electrons. The molecule has 0 fully saturated rings. The van der Waals surface area contributed by atoms with E-state index in [1.54, 1.807) is 0 Å². The molecule has 0 saturated carbocycles. The summed E-state index contributed by atoms with van der Waals surface area (Å²) in [4.78, 5) is 2.28. The van der Waals surface area contributed by atoms with E-state index in [0.717, 1.165) is 0 Å². The first-order chi connectivity index (χ1) is 15.0. The molecule has 0 saturated heterocycles. The van der Waals surface area contributed by atoms with Crippen molar-refractivity contribution in [1.82, 2.24) is 0 Å². The summed E-state index contributed by atoms with van der Waals surface area (Å²) in [5.74, 6) is 0. The third-order valence-corrected chi connectivity index (χ3v) is 9.72. The summed E-state index contributed by atoms with van der Waals surface area (Å²) in [6.45, 7) is 14.5. The molecule has 4 rings (SSSR count). The number of nitrogens with zero attached hydrogens (tertiary/aromatic N) is 1. The van der Waals surface area contributed by atoms with Gasteiger partial charge in [0.05, 0.1) is 5.69 Å². The van der Waals surface area contributed by atoms with Crippen LogP contribution in [-0.4, -0.2) is 24.4 Å². The number of anilines is 1. The van der Waals surface area contributed by atoms with Gasteiger partial charge in [-0.3, -0.25) is 0 Å². The predicted octanol–water partition coefficient (Wildman–Crippen LogP) is 8.43. The van der Waals surface area contributed by atoms with E-state index in [-0.39, 0.29) is 10.3 Å². The lowest BCUT2D eigenvalue weighted by molar-refractivity contribution is 0.715. The summed E-state index contributed by atoms with van der Waals surface area (Å²) < 4.78 is 0. The lowest BCUT2D eigenvalue weighted by atomic mass is 9.95. The van der Waals surface area contributed by atoms with Crippen molar-refractivity contribution in [2.75, 3.05) is 19.0 Å². The summed E-state index contributed by atoms with van der Waals surface area (Å²) in [5.41, 5.74) is 4.02. The molecule has 0 aliphatic rings. The minimum Gasteiger partial charge on any atom is -0.377 e. The second kappa shape index (κ2) is 8.20. The predicted molar refractivity (Wildman–Crippen MR) is 147 cm³/mol. The number of hydrogen-bond acceptors (Lipinski definition) is 1. The van der Waals surface area contributed by atoms with Crippen molar-refractivity contribution in [1.29, 1.82) is 0 Å². The molecule has 0 heterocycles. The van der Waals surface area contributed by atoms with Crippen LogP contribution < -0.4 is 10.2 Å². The summed E-state index contributed by atoms with van der Waals surface area (Å²) in [5, 5.41) is 7.24. The fourth-order valence-electron chi connectivity index (χ4n) is 5.34. The van der Waals surface area contributed by atoms with E-state index in [1.807, 2.05) is 0 Å². The highest BCUT2D eigenvalue weighted by Gasteiger charge is 2.38. The largest absolute Gasteiger partial charge is 0.377 e. The molecule has 0 bridgehead atoms. The van der Waals surface area contributed by atoms with Crippen molar-refractivity contribution in [2.24, 2.45) is 0 Å². The van der Waals surface area contributed by atoms with Crippen molar-refractivity contribution in [2.45, 2.75) is 51.9 Å². The molecule has 1 nitrogen and oxygen atoms in total. The molecule has 4 aromatic rings. The molecule has 0 aromatic heterocycles. The molecule has 2 heteroatoms. The maximum Gasteiger partial charge on any atom is 0.0520 e. The molecule has 0 unspecified atom stereocenters. The lowest BCUT2D eigenvalue weighted by Gasteiger charge is -2.43. The summed E-state index contributed by atoms with van der Waals surface area (Å²) >= 11 is 0. The fraction of sp³-hybridized carbons (Fsp3) is 0.333. The minimum absolute atomic E-state index is 0.182. The van der Waals surface area contributed by atoms with Gasteiger partial charge in [0.1, 0.15) is 0 Å². The standard InChI is InChI=1S/C30H36NP/c1-29(2,3)32(30(4,5)6)28-24-16-12-10-14-22(24)18-20-26(28)25-19-17-21-13-9-11-15-23(21)27(25)31(7)8/h9-20H,1-8H3. The molecule has 0 N–H and O–H groups in total. The summed E-state index contributed by atoms with van der Waals surface area (Å²) in [6, 6.07) is 27.0. The van der Waals surface area contributed by atoms with Crippen LogP contribution in [0.25, 0.3) is 32.7 Å². The Bertz CT molecular complexity index is 1260. The Morgan fingerprint density at radius 1 is 0.562 bits per heavy atom. The molecule has 4 aromatic carbocycles. The van der Waals surface area contributed by atoms with E-state index in [2.05, 4.69) is 133 Å². The van der Waals surface area contributed by atoms with Gasteiger partial charge in [0.2, 0.25) is 0 Å². The maximum atomic E-state index is 2.42. The van der Waals surface area contributed by atoms with Crippen molar-refractivity contribution in [3.63, 3.8) is 0 Å². The average Bonchev–Trinajstić information content (AvgIpc) is 2.71. The zero-order valence-corrected chi connectivity index (χ0v) is 21.7. The molecular formula is C30H36NP. The van der Waals surface area contributed by atoms with Gasteiger partial charge in [-0.05, 0) is 37.3 Å². The van der Waals surface area contributed by atoms with E-state index in [9.17, 15) is 0 Å². The third kappa shape index (κ3) is 4.04. The van der Waals surface area contributed by atoms with Crippen molar-refractivity contribution < 1.29 is 0 Å². The van der Waals surface area contributed by atoms with Gasteiger partial charge in [-0.1, -0.05) is 122 Å². The Morgan fingerprint density at radius 2 is 1.03 bits per heavy atom. The van der Waals surface area contributed by atoms with E-state index in [1.165, 1.54) is 43.7 Å². The van der Waals surface area contributed by atoms with Gasteiger partial charge in [0.15, 0.2) is 0 Å². The van der Waals surface area contributed by atoms with Crippen molar-refractivity contribution in [3.05, 3.63) is 72.8 Å². The minimum atomic E-state index is -0.475. The maximum absolute atomic E-state index is 2.42. The molecule has 0 aliphatic carbocycles. The van der Waals surface area contributed by atoms with Crippen LogP contribution in [0.4, 0.5) is 5.69 Å². The average molecular weight is 442 g/mol. The topological polar surface area (TPSA) is 3.24 Å². The summed E-state index contributed by atoms with van der Waals surface area (Å²) in [6.07, 6.45) is 0. The molecule has 32 heavy (non-hydrogen) atoms. The van der Waals surface area contributed by atoms with Gasteiger partial charge >= 0.3 is 0 Å². The first-order valence-electron chi connectivity index (χ1n) is 11.5. The SMILES string of the molecule is CN(C)c1c(-c2ccc3ccccc3c2P(C(C)(C)C)C(C)(C)C)ccc2ccccc12. The Labute approximate surface area is 195 Å². The van der Waals surface area contributed by atoms with E-state index < -0.39 is 7.92 Å². The van der Waals surface area contributed by atoms with Crippen LogP contribution in [0.15, 0.2) is 72.8 Å². The number of fused-ring (bicyclic) bond motifs is 2. The second-order valence-electron chi connectivity index (χ2n) is 10.9. The number of rotatable bonds is 3. The monoisotopic (exact) mass is 441 g/mol.